The summed E-state index contributed by atoms with van der Waals surface area (Å²) in [7, 11) is 0. The van der Waals surface area contributed by atoms with E-state index in [0.717, 1.165) is 4.47 Å². The molecule has 1 aromatic carbocycles. The number of rotatable bonds is 3. The van der Waals surface area contributed by atoms with E-state index in [4.69, 9.17) is 6.42 Å². The Labute approximate surface area is 98.2 Å². The molecular formula is C12H13BrFN. The van der Waals surface area contributed by atoms with Crippen molar-refractivity contribution in [2.24, 2.45) is 0 Å². The minimum atomic E-state index is -0.422. The van der Waals surface area contributed by atoms with Gasteiger partial charge in [-0.25, -0.2) is 4.39 Å². The van der Waals surface area contributed by atoms with Crippen LogP contribution < -0.4 is 5.32 Å². The molecule has 0 saturated carbocycles. The van der Waals surface area contributed by atoms with Crippen molar-refractivity contribution in [3.8, 4) is 12.3 Å². The molecule has 0 fully saturated rings. The van der Waals surface area contributed by atoms with Crippen LogP contribution in [-0.4, -0.2) is 5.54 Å². The molecule has 0 bridgehead atoms. The summed E-state index contributed by atoms with van der Waals surface area (Å²) in [5.74, 6) is 2.38. The Bertz CT molecular complexity index is 393. The lowest BCUT2D eigenvalue weighted by molar-refractivity contribution is 0.479. The topological polar surface area (TPSA) is 12.0 Å². The molecule has 3 heteroatoms. The average Bonchev–Trinajstić information content (AvgIpc) is 2.20. The van der Waals surface area contributed by atoms with Crippen molar-refractivity contribution in [1.82, 2.24) is 5.32 Å². The minimum Gasteiger partial charge on any atom is -0.297 e. The molecule has 80 valence electrons. The Morgan fingerprint density at radius 1 is 1.53 bits per heavy atom. The summed E-state index contributed by atoms with van der Waals surface area (Å²) >= 11 is 3.30. The van der Waals surface area contributed by atoms with Crippen LogP contribution in [0.5, 0.6) is 0 Å². The monoisotopic (exact) mass is 269 g/mol. The summed E-state index contributed by atoms with van der Waals surface area (Å²) in [6.07, 6.45) is 5.32. The van der Waals surface area contributed by atoms with Crippen LogP contribution in [0.2, 0.25) is 0 Å². The Hall–Kier alpha value is -0.850. The lowest BCUT2D eigenvalue weighted by Crippen LogP contribution is -2.37. The van der Waals surface area contributed by atoms with Crippen LogP contribution in [0.15, 0.2) is 22.7 Å². The lowest BCUT2D eigenvalue weighted by atomic mass is 10.1. The molecule has 0 aliphatic carbocycles. The molecule has 15 heavy (non-hydrogen) atoms. The molecule has 0 spiro atoms. The molecule has 0 unspecified atom stereocenters. The zero-order chi connectivity index (χ0) is 11.5. The molecule has 1 aromatic rings. The van der Waals surface area contributed by atoms with Gasteiger partial charge in [0.1, 0.15) is 5.82 Å². The first-order valence-corrected chi connectivity index (χ1v) is 5.40. The van der Waals surface area contributed by atoms with Crippen molar-refractivity contribution in [2.45, 2.75) is 25.9 Å². The first kappa shape index (κ1) is 12.2. The summed E-state index contributed by atoms with van der Waals surface area (Å²) in [4.78, 5) is 0. The van der Waals surface area contributed by atoms with Crippen LogP contribution >= 0.6 is 15.9 Å². The van der Waals surface area contributed by atoms with Gasteiger partial charge in [0.05, 0.1) is 5.54 Å². The molecular weight excluding hydrogens is 257 g/mol. The average molecular weight is 270 g/mol. The highest BCUT2D eigenvalue weighted by Gasteiger charge is 2.13. The Morgan fingerprint density at radius 3 is 2.80 bits per heavy atom. The highest BCUT2D eigenvalue weighted by atomic mass is 79.9. The van der Waals surface area contributed by atoms with E-state index in [1.807, 2.05) is 13.8 Å². The maximum absolute atomic E-state index is 13.3. The second-order valence-corrected chi connectivity index (χ2v) is 4.77. The summed E-state index contributed by atoms with van der Waals surface area (Å²) in [6.45, 7) is 4.17. The second kappa shape index (κ2) is 4.78. The van der Waals surface area contributed by atoms with Gasteiger partial charge in [-0.2, -0.15) is 0 Å². The highest BCUT2D eigenvalue weighted by Crippen LogP contribution is 2.16. The highest BCUT2D eigenvalue weighted by molar-refractivity contribution is 9.10. The molecule has 0 heterocycles. The van der Waals surface area contributed by atoms with Gasteiger partial charge < -0.3 is 0 Å². The van der Waals surface area contributed by atoms with Gasteiger partial charge in [0.25, 0.3) is 0 Å². The third kappa shape index (κ3) is 3.65. The molecule has 0 radical (unpaired) electrons. The van der Waals surface area contributed by atoms with Gasteiger partial charge in [-0.1, -0.05) is 21.9 Å². The SMILES string of the molecule is C#CC(C)(C)NCc1cc(Br)ccc1F. The molecule has 0 aliphatic rings. The lowest BCUT2D eigenvalue weighted by Gasteiger charge is -2.19. The predicted molar refractivity (Wildman–Crippen MR) is 63.9 cm³/mol. The summed E-state index contributed by atoms with van der Waals surface area (Å²) in [5, 5.41) is 3.10. The summed E-state index contributed by atoms with van der Waals surface area (Å²) in [5.41, 5.74) is 0.182. The molecule has 1 rings (SSSR count). The van der Waals surface area contributed by atoms with Crippen LogP contribution in [0.25, 0.3) is 0 Å². The number of nitrogens with one attached hydrogen (secondary N) is 1. The molecule has 1 nitrogen and oxygen atoms in total. The minimum absolute atomic E-state index is 0.224. The Kier molecular flexibility index (Phi) is 3.90. The number of terminal acetylenes is 1. The normalized spacial score (nSPS) is 11.1. The maximum atomic E-state index is 13.3. The van der Waals surface area contributed by atoms with Crippen molar-refractivity contribution in [2.75, 3.05) is 0 Å². The molecule has 0 aliphatic heterocycles. The van der Waals surface area contributed by atoms with Crippen molar-refractivity contribution < 1.29 is 4.39 Å². The van der Waals surface area contributed by atoms with Gasteiger partial charge in [0, 0.05) is 16.6 Å². The Balaban J connectivity index is 2.74. The van der Waals surface area contributed by atoms with Crippen molar-refractivity contribution >= 4 is 15.9 Å². The van der Waals surface area contributed by atoms with Gasteiger partial charge in [-0.3, -0.25) is 5.32 Å². The van der Waals surface area contributed by atoms with Gasteiger partial charge in [0.2, 0.25) is 0 Å². The third-order valence-electron chi connectivity index (χ3n) is 2.09. The predicted octanol–water partition coefficient (Wildman–Crippen LogP) is 3.09. The number of hydrogen-bond acceptors (Lipinski definition) is 1. The third-order valence-corrected chi connectivity index (χ3v) is 2.58. The van der Waals surface area contributed by atoms with Gasteiger partial charge in [0.15, 0.2) is 0 Å². The number of benzene rings is 1. The van der Waals surface area contributed by atoms with E-state index in [1.54, 1.807) is 12.1 Å². The fourth-order valence-electron chi connectivity index (χ4n) is 1.05. The fourth-order valence-corrected chi connectivity index (χ4v) is 1.45. The standard InChI is InChI=1S/C12H13BrFN/c1-4-12(2,3)15-8-9-7-10(13)5-6-11(9)14/h1,5-7,15H,8H2,2-3H3. The van der Waals surface area contributed by atoms with E-state index in [0.29, 0.717) is 12.1 Å². The summed E-state index contributed by atoms with van der Waals surface area (Å²) < 4.78 is 14.2. The van der Waals surface area contributed by atoms with E-state index in [1.165, 1.54) is 6.07 Å². The smallest absolute Gasteiger partial charge is 0.127 e. The number of hydrogen-bond donors (Lipinski definition) is 1. The molecule has 0 aromatic heterocycles. The van der Waals surface area contributed by atoms with E-state index >= 15 is 0 Å². The molecule has 1 N–H and O–H groups in total. The van der Waals surface area contributed by atoms with E-state index < -0.39 is 5.54 Å². The fraction of sp³-hybridized carbons (Fsp3) is 0.333. The van der Waals surface area contributed by atoms with Crippen LogP contribution in [0.3, 0.4) is 0 Å². The van der Waals surface area contributed by atoms with Crippen molar-refractivity contribution in [3.63, 3.8) is 0 Å². The first-order chi connectivity index (χ1) is 6.94. The number of halogens is 2. The van der Waals surface area contributed by atoms with Crippen molar-refractivity contribution in [3.05, 3.63) is 34.1 Å². The van der Waals surface area contributed by atoms with Crippen LogP contribution in [0, 0.1) is 18.2 Å². The molecule has 0 atom stereocenters. The van der Waals surface area contributed by atoms with E-state index in [2.05, 4.69) is 27.2 Å². The largest absolute Gasteiger partial charge is 0.297 e. The first-order valence-electron chi connectivity index (χ1n) is 4.61. The summed E-state index contributed by atoms with van der Waals surface area (Å²) in [6, 6.07) is 4.85. The van der Waals surface area contributed by atoms with E-state index in [9.17, 15) is 4.39 Å². The van der Waals surface area contributed by atoms with Crippen LogP contribution in [-0.2, 0) is 6.54 Å². The zero-order valence-corrected chi connectivity index (χ0v) is 10.4. The molecule has 0 saturated heterocycles. The zero-order valence-electron chi connectivity index (χ0n) is 8.77. The quantitative estimate of drug-likeness (QED) is 0.832. The van der Waals surface area contributed by atoms with Crippen LogP contribution in [0.1, 0.15) is 19.4 Å². The Morgan fingerprint density at radius 2 is 2.20 bits per heavy atom. The van der Waals surface area contributed by atoms with Gasteiger partial charge >= 0.3 is 0 Å². The van der Waals surface area contributed by atoms with Gasteiger partial charge in [-0.05, 0) is 32.0 Å². The van der Waals surface area contributed by atoms with Crippen molar-refractivity contribution in [1.29, 1.82) is 0 Å². The second-order valence-electron chi connectivity index (χ2n) is 3.86. The van der Waals surface area contributed by atoms with Gasteiger partial charge in [-0.15, -0.1) is 6.42 Å². The van der Waals surface area contributed by atoms with E-state index in [-0.39, 0.29) is 5.82 Å². The maximum Gasteiger partial charge on any atom is 0.127 e. The van der Waals surface area contributed by atoms with Crippen LogP contribution in [0.4, 0.5) is 4.39 Å². The molecule has 0 amide bonds.